The minimum absolute atomic E-state index is 0.618. The van der Waals surface area contributed by atoms with Crippen molar-refractivity contribution in [3.63, 3.8) is 0 Å². The summed E-state index contributed by atoms with van der Waals surface area (Å²) in [5.41, 5.74) is 33.8. The van der Waals surface area contributed by atoms with Gasteiger partial charge in [0.05, 0.1) is 33.2 Å². The van der Waals surface area contributed by atoms with Crippen LogP contribution in [-0.4, -0.2) is 9.13 Å². The zero-order valence-corrected chi connectivity index (χ0v) is 66.4. The van der Waals surface area contributed by atoms with Gasteiger partial charge in [-0.15, -0.1) is 0 Å². The average molecular weight is 1540 g/mol. The Balaban J connectivity index is 0.000000148. The highest BCUT2D eigenvalue weighted by molar-refractivity contribution is 6.24. The molecule has 2 heteroatoms. The van der Waals surface area contributed by atoms with Gasteiger partial charge in [-0.25, -0.2) is 0 Å². The third kappa shape index (κ3) is 11.7. The maximum absolute atomic E-state index is 2.53. The van der Waals surface area contributed by atoms with Crippen molar-refractivity contribution in [2.45, 2.75) is 5.41 Å². The molecule has 0 atom stereocenters. The van der Waals surface area contributed by atoms with Gasteiger partial charge in [0.15, 0.2) is 0 Å². The highest BCUT2D eigenvalue weighted by atomic mass is 15.0. The van der Waals surface area contributed by atoms with E-state index in [0.717, 1.165) is 5.69 Å². The Labute approximate surface area is 703 Å². The van der Waals surface area contributed by atoms with Gasteiger partial charge in [-0.2, -0.15) is 0 Å². The quantitative estimate of drug-likeness (QED) is 0.108. The van der Waals surface area contributed by atoms with Crippen LogP contribution in [0.1, 0.15) is 22.3 Å². The Morgan fingerprint density at radius 1 is 0.149 bits per heavy atom. The third-order valence-electron chi connectivity index (χ3n) is 25.5. The van der Waals surface area contributed by atoms with Gasteiger partial charge >= 0.3 is 0 Å². The summed E-state index contributed by atoms with van der Waals surface area (Å²) in [6, 6.07) is 174. The summed E-state index contributed by atoms with van der Waals surface area (Å²) in [6.07, 6.45) is 0. The van der Waals surface area contributed by atoms with Crippen LogP contribution in [0, 0.1) is 0 Å². The second-order valence-corrected chi connectivity index (χ2v) is 32.0. The van der Waals surface area contributed by atoms with E-state index in [1.54, 1.807) is 0 Å². The molecule has 0 aliphatic heterocycles. The van der Waals surface area contributed by atoms with Gasteiger partial charge in [-0.1, -0.05) is 413 Å². The van der Waals surface area contributed by atoms with Crippen molar-refractivity contribution in [3.8, 4) is 112 Å². The Hall–Kier alpha value is -15.7. The lowest BCUT2D eigenvalue weighted by molar-refractivity contribution is 0.768. The number of rotatable bonds is 12. The fourth-order valence-electron chi connectivity index (χ4n) is 20.2. The van der Waals surface area contributed by atoms with Crippen LogP contribution in [0.25, 0.3) is 198 Å². The molecule has 0 spiro atoms. The van der Waals surface area contributed by atoms with E-state index in [1.165, 1.54) is 215 Å². The normalized spacial score (nSPS) is 12.2. The molecule has 0 N–H and O–H groups in total. The first kappa shape index (κ1) is 70.7. The smallest absolute Gasteiger partial charge is 0.0714 e. The lowest BCUT2D eigenvalue weighted by Gasteiger charge is -2.34. The summed E-state index contributed by atoms with van der Waals surface area (Å²) in [5.74, 6) is 0. The van der Waals surface area contributed by atoms with Gasteiger partial charge in [-0.05, 0) is 221 Å². The number of nitrogens with zero attached hydrogens (tertiary/aromatic N) is 2. The lowest BCUT2D eigenvalue weighted by atomic mass is 9.67. The Morgan fingerprint density at radius 2 is 0.430 bits per heavy atom. The minimum Gasteiger partial charge on any atom is -0.309 e. The first-order chi connectivity index (χ1) is 60.1. The molecule has 24 rings (SSSR count). The molecule has 0 saturated carbocycles. The molecule has 23 aromatic rings. The highest BCUT2D eigenvalue weighted by Gasteiger charge is 2.47. The van der Waals surface area contributed by atoms with Crippen molar-refractivity contribution in [1.29, 1.82) is 0 Å². The van der Waals surface area contributed by atoms with E-state index in [-0.39, 0.29) is 0 Å². The van der Waals surface area contributed by atoms with Gasteiger partial charge < -0.3 is 9.13 Å². The molecule has 0 unspecified atom stereocenters. The van der Waals surface area contributed by atoms with Gasteiger partial charge in [0.2, 0.25) is 0 Å². The summed E-state index contributed by atoms with van der Waals surface area (Å²) < 4.78 is 4.95. The van der Waals surface area contributed by atoms with Crippen LogP contribution in [0.3, 0.4) is 0 Å². The van der Waals surface area contributed by atoms with E-state index < -0.39 is 5.41 Å². The number of benzene rings is 21. The van der Waals surface area contributed by atoms with Gasteiger partial charge in [0.1, 0.15) is 0 Å². The Morgan fingerprint density at radius 3 is 0.860 bits per heavy atom. The zero-order chi connectivity index (χ0) is 79.9. The fourth-order valence-corrected chi connectivity index (χ4v) is 20.2. The van der Waals surface area contributed by atoms with Crippen molar-refractivity contribution < 1.29 is 0 Å². The van der Waals surface area contributed by atoms with Crippen molar-refractivity contribution in [2.24, 2.45) is 0 Å². The monoisotopic (exact) mass is 1530 g/mol. The molecule has 0 fully saturated rings. The summed E-state index contributed by atoms with van der Waals surface area (Å²) in [5, 5.41) is 15.0. The van der Waals surface area contributed by atoms with Gasteiger partial charge in [0, 0.05) is 32.8 Å². The van der Waals surface area contributed by atoms with E-state index in [2.05, 4.69) is 482 Å². The molecule has 0 amide bonds. The molecule has 121 heavy (non-hydrogen) atoms. The first-order valence-electron chi connectivity index (χ1n) is 41.9. The van der Waals surface area contributed by atoms with Crippen molar-refractivity contribution in [1.82, 2.24) is 9.13 Å². The van der Waals surface area contributed by atoms with Crippen LogP contribution < -0.4 is 0 Å². The number of hydrogen-bond acceptors (Lipinski definition) is 0. The van der Waals surface area contributed by atoms with Crippen LogP contribution in [0.5, 0.6) is 0 Å². The maximum Gasteiger partial charge on any atom is 0.0714 e. The first-order valence-corrected chi connectivity index (χ1v) is 41.9. The van der Waals surface area contributed by atoms with Crippen LogP contribution in [0.15, 0.2) is 473 Å². The second-order valence-electron chi connectivity index (χ2n) is 32.0. The Bertz CT molecular complexity index is 7790. The topological polar surface area (TPSA) is 9.86 Å². The van der Waals surface area contributed by atoms with Crippen LogP contribution in [-0.2, 0) is 5.41 Å². The molecule has 1 aliphatic rings. The molecule has 1 aliphatic carbocycles. The van der Waals surface area contributed by atoms with Crippen molar-refractivity contribution in [2.75, 3.05) is 0 Å². The SMILES string of the molecule is c1ccc(-c2ccc(-c3ccc4c(c3)c3ccccc3n4-c3ccc4c(c3)C(c3ccccc3)(c3ccccc3)c3cc(-c5c6ccccc6c(-c6ccccc6)c6ccccc56)ccc3-4)cc2)cc1.c1ccc(-c2ccc(-c3ccc4c(c3)c3ccccc3n4-c3ccccc3-c3c4ccccc4c(-c4ccccc4)c4ccccc34)cc2)cc1. The predicted molar refractivity (Wildman–Crippen MR) is 512 cm³/mol. The molecular formula is C119H78N2. The van der Waals surface area contributed by atoms with Crippen LogP contribution >= 0.6 is 0 Å². The van der Waals surface area contributed by atoms with Crippen molar-refractivity contribution >= 4 is 86.7 Å². The Kier molecular flexibility index (Phi) is 17.2. The molecule has 0 saturated heterocycles. The molecule has 0 radical (unpaired) electrons. The van der Waals surface area contributed by atoms with E-state index in [1.807, 2.05) is 0 Å². The van der Waals surface area contributed by atoms with Crippen LogP contribution in [0.4, 0.5) is 0 Å². The largest absolute Gasteiger partial charge is 0.309 e. The minimum atomic E-state index is -0.618. The number of hydrogen-bond donors (Lipinski definition) is 0. The number of para-hydroxylation sites is 3. The highest BCUT2D eigenvalue weighted by Crippen LogP contribution is 2.59. The van der Waals surface area contributed by atoms with E-state index >= 15 is 0 Å². The summed E-state index contributed by atoms with van der Waals surface area (Å²) in [7, 11) is 0. The molecule has 21 aromatic carbocycles. The standard InChI is InChI=1S/C69H45N.C50H33N/c1-5-19-46(20-6-1)47-33-35-48(36-34-47)50-38-42-66-62(43-50)57-27-17-18-32-65(57)70(66)54-39-41-56-55-40-37-51(44-63(55)69(64(56)45-54,52-23-9-3-10-24-52)53-25-11-4-12-26-53)68-60-30-15-13-28-58(60)67(49-21-7-2-8-22-49)59-29-14-16-31-61(59)68;1-3-15-34(16-4-1)35-27-29-36(30-28-35)38-31-32-48-45(33-38)39-19-11-13-25-46(39)51(48)47-26-14-12-24-44(47)50-42-22-9-7-20-40(42)49(37-17-5-2-6-18-37)41-21-8-10-23-43(41)50/h1-45H;1-33H. The molecule has 0 bridgehead atoms. The van der Waals surface area contributed by atoms with E-state index in [4.69, 9.17) is 0 Å². The third-order valence-corrected chi connectivity index (χ3v) is 25.5. The van der Waals surface area contributed by atoms with Crippen LogP contribution in [0.2, 0.25) is 0 Å². The number of aromatic nitrogens is 2. The molecule has 2 aromatic heterocycles. The summed E-state index contributed by atoms with van der Waals surface area (Å²) in [6.45, 7) is 0. The molecule has 2 heterocycles. The average Bonchev–Trinajstić information content (AvgIpc) is 1.54. The molecule has 2 nitrogen and oxygen atoms in total. The number of fused-ring (bicyclic) bond motifs is 13. The second kappa shape index (κ2) is 29.5. The zero-order valence-electron chi connectivity index (χ0n) is 66.4. The van der Waals surface area contributed by atoms with E-state index in [9.17, 15) is 0 Å². The van der Waals surface area contributed by atoms with Gasteiger partial charge in [0.25, 0.3) is 0 Å². The molecule has 564 valence electrons. The summed E-state index contributed by atoms with van der Waals surface area (Å²) >= 11 is 0. The summed E-state index contributed by atoms with van der Waals surface area (Å²) in [4.78, 5) is 0. The fraction of sp³-hybridized carbons (Fsp3) is 0.00840. The predicted octanol–water partition coefficient (Wildman–Crippen LogP) is 31.9. The van der Waals surface area contributed by atoms with Gasteiger partial charge in [-0.3, -0.25) is 0 Å². The molecular weight excluding hydrogens is 1460 g/mol. The van der Waals surface area contributed by atoms with E-state index in [0.29, 0.717) is 0 Å². The lowest BCUT2D eigenvalue weighted by Crippen LogP contribution is -2.28. The van der Waals surface area contributed by atoms with Crippen molar-refractivity contribution in [3.05, 3.63) is 495 Å². The maximum atomic E-state index is 2.53.